The van der Waals surface area contributed by atoms with Gasteiger partial charge in [0.15, 0.2) is 0 Å². The van der Waals surface area contributed by atoms with Gasteiger partial charge in [0.2, 0.25) is 0 Å². The lowest BCUT2D eigenvalue weighted by molar-refractivity contribution is 0.303. The monoisotopic (exact) mass is 236 g/mol. The molecule has 1 N–H and O–H groups in total. The average molecular weight is 236 g/mol. The van der Waals surface area contributed by atoms with E-state index in [2.05, 4.69) is 17.3 Å². The molecule has 0 bridgehead atoms. The Balaban J connectivity index is 1.73. The van der Waals surface area contributed by atoms with Gasteiger partial charge < -0.3 is 10.2 Å². The van der Waals surface area contributed by atoms with Crippen LogP contribution in [0.25, 0.3) is 0 Å². The van der Waals surface area contributed by atoms with Crippen LogP contribution < -0.4 is 5.32 Å². The predicted octanol–water partition coefficient (Wildman–Crippen LogP) is 2.05. The smallest absolute Gasteiger partial charge is 0.123 e. The first-order valence-corrected chi connectivity index (χ1v) is 6.40. The van der Waals surface area contributed by atoms with Crippen LogP contribution in [0.1, 0.15) is 18.4 Å². The van der Waals surface area contributed by atoms with Crippen molar-refractivity contribution in [3.8, 4) is 0 Å². The Morgan fingerprint density at radius 1 is 1.47 bits per heavy atom. The molecule has 1 saturated heterocycles. The highest BCUT2D eigenvalue weighted by Gasteiger charge is 2.15. The maximum atomic E-state index is 13.0. The molecule has 1 fully saturated rings. The van der Waals surface area contributed by atoms with Crippen molar-refractivity contribution >= 4 is 0 Å². The molecule has 1 atom stereocenters. The minimum absolute atomic E-state index is 0.136. The predicted molar refractivity (Wildman–Crippen MR) is 68.6 cm³/mol. The number of halogens is 1. The van der Waals surface area contributed by atoms with Gasteiger partial charge in [-0.25, -0.2) is 4.39 Å². The van der Waals surface area contributed by atoms with Crippen molar-refractivity contribution in [2.45, 2.75) is 25.3 Å². The molecule has 1 unspecified atom stereocenters. The lowest BCUT2D eigenvalue weighted by atomic mass is 10.1. The molecule has 0 saturated carbocycles. The lowest BCUT2D eigenvalue weighted by Gasteiger charge is -2.20. The quantitative estimate of drug-likeness (QED) is 0.841. The van der Waals surface area contributed by atoms with Gasteiger partial charge in [-0.05, 0) is 50.6 Å². The number of hydrogen-bond donors (Lipinski definition) is 1. The van der Waals surface area contributed by atoms with Crippen LogP contribution in [0.4, 0.5) is 4.39 Å². The summed E-state index contributed by atoms with van der Waals surface area (Å²) in [6.07, 6.45) is 3.49. The summed E-state index contributed by atoms with van der Waals surface area (Å²) in [5, 5.41) is 3.49. The molecule has 1 aliphatic rings. The van der Waals surface area contributed by atoms with Gasteiger partial charge in [-0.15, -0.1) is 0 Å². The van der Waals surface area contributed by atoms with E-state index in [9.17, 15) is 4.39 Å². The fourth-order valence-corrected chi connectivity index (χ4v) is 2.39. The second-order valence-corrected chi connectivity index (χ2v) is 4.94. The Morgan fingerprint density at radius 2 is 2.35 bits per heavy atom. The Bertz CT molecular complexity index is 348. The largest absolute Gasteiger partial charge is 0.313 e. The topological polar surface area (TPSA) is 15.3 Å². The molecule has 1 aromatic rings. The summed E-state index contributed by atoms with van der Waals surface area (Å²) in [7, 11) is 2.14. The number of nitrogens with one attached hydrogen (secondary N) is 1. The second kappa shape index (κ2) is 6.12. The fourth-order valence-electron chi connectivity index (χ4n) is 2.39. The van der Waals surface area contributed by atoms with Gasteiger partial charge >= 0.3 is 0 Å². The van der Waals surface area contributed by atoms with Gasteiger partial charge in [0.1, 0.15) is 5.82 Å². The van der Waals surface area contributed by atoms with Gasteiger partial charge in [0.05, 0.1) is 0 Å². The van der Waals surface area contributed by atoms with Crippen LogP contribution in [-0.4, -0.2) is 37.6 Å². The van der Waals surface area contributed by atoms with E-state index in [1.807, 2.05) is 6.07 Å². The molecule has 2 nitrogen and oxygen atoms in total. The SMILES string of the molecule is CN(CCc1cccc(F)c1)CC1CCCN1. The molecule has 0 aliphatic carbocycles. The van der Waals surface area contributed by atoms with Crippen LogP contribution >= 0.6 is 0 Å². The summed E-state index contributed by atoms with van der Waals surface area (Å²) in [5.74, 6) is -0.136. The van der Waals surface area contributed by atoms with Crippen molar-refractivity contribution in [1.82, 2.24) is 10.2 Å². The molecule has 1 aromatic carbocycles. The van der Waals surface area contributed by atoms with Crippen molar-refractivity contribution in [3.63, 3.8) is 0 Å². The summed E-state index contributed by atoms with van der Waals surface area (Å²) in [5.41, 5.74) is 1.08. The van der Waals surface area contributed by atoms with E-state index in [0.717, 1.165) is 31.6 Å². The van der Waals surface area contributed by atoms with Crippen molar-refractivity contribution < 1.29 is 4.39 Å². The zero-order valence-electron chi connectivity index (χ0n) is 10.5. The molecule has 0 amide bonds. The van der Waals surface area contributed by atoms with Crippen molar-refractivity contribution in [2.75, 3.05) is 26.7 Å². The second-order valence-electron chi connectivity index (χ2n) is 4.94. The Morgan fingerprint density at radius 3 is 3.06 bits per heavy atom. The molecule has 0 radical (unpaired) electrons. The minimum atomic E-state index is -0.136. The van der Waals surface area contributed by atoms with Crippen molar-refractivity contribution in [3.05, 3.63) is 35.6 Å². The van der Waals surface area contributed by atoms with Crippen molar-refractivity contribution in [1.29, 1.82) is 0 Å². The first kappa shape index (κ1) is 12.5. The molecular weight excluding hydrogens is 215 g/mol. The lowest BCUT2D eigenvalue weighted by Crippen LogP contribution is -2.36. The first-order chi connectivity index (χ1) is 8.24. The zero-order chi connectivity index (χ0) is 12.1. The Kier molecular flexibility index (Phi) is 4.51. The normalized spacial score (nSPS) is 20.1. The third-order valence-corrected chi connectivity index (χ3v) is 3.37. The summed E-state index contributed by atoms with van der Waals surface area (Å²) in [6.45, 7) is 3.24. The molecule has 94 valence electrons. The molecule has 17 heavy (non-hydrogen) atoms. The maximum Gasteiger partial charge on any atom is 0.123 e. The van der Waals surface area contributed by atoms with Gasteiger partial charge in [0, 0.05) is 19.1 Å². The van der Waals surface area contributed by atoms with Crippen LogP contribution in [0.2, 0.25) is 0 Å². The summed E-state index contributed by atoms with van der Waals surface area (Å²) < 4.78 is 13.0. The number of rotatable bonds is 5. The van der Waals surface area contributed by atoms with E-state index in [1.165, 1.54) is 18.9 Å². The van der Waals surface area contributed by atoms with E-state index >= 15 is 0 Å². The van der Waals surface area contributed by atoms with Gasteiger partial charge in [-0.2, -0.15) is 0 Å². The van der Waals surface area contributed by atoms with E-state index in [-0.39, 0.29) is 5.82 Å². The van der Waals surface area contributed by atoms with Crippen molar-refractivity contribution in [2.24, 2.45) is 0 Å². The van der Waals surface area contributed by atoms with Crippen LogP contribution in [0.15, 0.2) is 24.3 Å². The number of likely N-dealkylation sites (N-methyl/N-ethyl adjacent to an activating group) is 1. The summed E-state index contributed by atoms with van der Waals surface area (Å²) >= 11 is 0. The van der Waals surface area contributed by atoms with E-state index in [4.69, 9.17) is 0 Å². The summed E-state index contributed by atoms with van der Waals surface area (Å²) in [6, 6.07) is 7.54. The van der Waals surface area contributed by atoms with Crippen LogP contribution in [0.3, 0.4) is 0 Å². The number of nitrogens with zero attached hydrogens (tertiary/aromatic N) is 1. The molecule has 0 spiro atoms. The van der Waals surface area contributed by atoms with Gasteiger partial charge in [-0.3, -0.25) is 0 Å². The van der Waals surface area contributed by atoms with Gasteiger partial charge in [-0.1, -0.05) is 12.1 Å². The average Bonchev–Trinajstić information content (AvgIpc) is 2.79. The highest BCUT2D eigenvalue weighted by molar-refractivity contribution is 5.16. The number of benzene rings is 1. The van der Waals surface area contributed by atoms with E-state index < -0.39 is 0 Å². The third-order valence-electron chi connectivity index (χ3n) is 3.37. The highest BCUT2D eigenvalue weighted by Crippen LogP contribution is 2.08. The molecular formula is C14H21FN2. The Labute approximate surface area is 103 Å². The van der Waals surface area contributed by atoms with Crippen LogP contribution in [-0.2, 0) is 6.42 Å². The maximum absolute atomic E-state index is 13.0. The first-order valence-electron chi connectivity index (χ1n) is 6.40. The molecule has 1 aliphatic heterocycles. The Hall–Kier alpha value is -0.930. The minimum Gasteiger partial charge on any atom is -0.313 e. The third kappa shape index (κ3) is 4.10. The molecule has 3 heteroatoms. The standard InChI is InChI=1S/C14H21FN2/c1-17(11-14-6-3-8-16-14)9-7-12-4-2-5-13(15)10-12/h2,4-5,10,14,16H,3,6-9,11H2,1H3. The van der Waals surface area contributed by atoms with Crippen LogP contribution in [0.5, 0.6) is 0 Å². The summed E-state index contributed by atoms with van der Waals surface area (Å²) in [4.78, 5) is 2.33. The molecule has 2 rings (SSSR count). The highest BCUT2D eigenvalue weighted by atomic mass is 19.1. The molecule has 0 aromatic heterocycles. The van der Waals surface area contributed by atoms with E-state index in [1.54, 1.807) is 12.1 Å². The zero-order valence-corrected chi connectivity index (χ0v) is 10.5. The van der Waals surface area contributed by atoms with Crippen LogP contribution in [0, 0.1) is 5.82 Å². The molecule has 1 heterocycles. The number of hydrogen-bond acceptors (Lipinski definition) is 2. The fraction of sp³-hybridized carbons (Fsp3) is 0.571. The van der Waals surface area contributed by atoms with Gasteiger partial charge in [0.25, 0.3) is 0 Å². The van der Waals surface area contributed by atoms with E-state index in [0.29, 0.717) is 6.04 Å².